The molecule has 0 aliphatic rings. The van der Waals surface area contributed by atoms with Gasteiger partial charge in [0.1, 0.15) is 6.61 Å². The Morgan fingerprint density at radius 3 is 2.16 bits per heavy atom. The van der Waals surface area contributed by atoms with Crippen molar-refractivity contribution >= 4 is 5.97 Å². The zero-order valence-corrected chi connectivity index (χ0v) is 12.4. The van der Waals surface area contributed by atoms with E-state index in [1.807, 2.05) is 6.08 Å². The quantitative estimate of drug-likeness (QED) is 0.312. The van der Waals surface area contributed by atoms with E-state index in [4.69, 9.17) is 9.84 Å². The third-order valence-electron chi connectivity index (χ3n) is 3.07. The molecule has 0 spiro atoms. The summed E-state index contributed by atoms with van der Waals surface area (Å²) < 4.78 is 4.74. The van der Waals surface area contributed by atoms with Crippen LogP contribution < -0.4 is 0 Å². The Labute approximate surface area is 118 Å². The molecule has 1 N–H and O–H groups in total. The van der Waals surface area contributed by atoms with Crippen LogP contribution in [0.1, 0.15) is 71.1 Å². The Morgan fingerprint density at radius 1 is 0.947 bits per heavy atom. The molecule has 0 aliphatic heterocycles. The molecule has 0 radical (unpaired) electrons. The van der Waals surface area contributed by atoms with Gasteiger partial charge in [0.15, 0.2) is 0 Å². The van der Waals surface area contributed by atoms with Crippen molar-refractivity contribution in [1.29, 1.82) is 0 Å². The molecule has 0 heterocycles. The number of carbonyl (C=O) groups excluding carboxylic acids is 1. The molecule has 0 aromatic carbocycles. The van der Waals surface area contributed by atoms with Crippen LogP contribution in [0.15, 0.2) is 12.2 Å². The first-order valence-electron chi connectivity index (χ1n) is 7.72. The topological polar surface area (TPSA) is 46.5 Å². The van der Waals surface area contributed by atoms with Gasteiger partial charge in [0.2, 0.25) is 0 Å². The van der Waals surface area contributed by atoms with Gasteiger partial charge < -0.3 is 9.84 Å². The van der Waals surface area contributed by atoms with Crippen molar-refractivity contribution in [2.75, 3.05) is 13.2 Å². The minimum Gasteiger partial charge on any atom is -0.464 e. The normalized spacial score (nSPS) is 11.1. The largest absolute Gasteiger partial charge is 0.464 e. The predicted octanol–water partition coefficient (Wildman–Crippen LogP) is 4.00. The van der Waals surface area contributed by atoms with Gasteiger partial charge in [-0.25, -0.2) is 4.79 Å². The lowest BCUT2D eigenvalue weighted by atomic mass is 10.1. The number of unbranched alkanes of at least 4 members (excludes halogenated alkanes) is 8. The van der Waals surface area contributed by atoms with Crippen molar-refractivity contribution < 1.29 is 14.6 Å². The minimum atomic E-state index is -0.545. The van der Waals surface area contributed by atoms with E-state index in [2.05, 4.69) is 13.0 Å². The van der Waals surface area contributed by atoms with Crippen LogP contribution in [0.4, 0.5) is 0 Å². The second-order valence-corrected chi connectivity index (χ2v) is 4.90. The van der Waals surface area contributed by atoms with E-state index < -0.39 is 12.6 Å². The lowest BCUT2D eigenvalue weighted by molar-refractivity contribution is -0.146. The van der Waals surface area contributed by atoms with Gasteiger partial charge in [0.25, 0.3) is 0 Å². The molecule has 0 atom stereocenters. The highest BCUT2D eigenvalue weighted by Crippen LogP contribution is 2.09. The highest BCUT2D eigenvalue weighted by atomic mass is 16.5. The molecular formula is C16H30O3. The summed E-state index contributed by atoms with van der Waals surface area (Å²) in [6, 6.07) is 0. The number of rotatable bonds is 13. The van der Waals surface area contributed by atoms with E-state index in [1.54, 1.807) is 0 Å². The predicted molar refractivity (Wildman–Crippen MR) is 79.0 cm³/mol. The van der Waals surface area contributed by atoms with Crippen LogP contribution in [0.3, 0.4) is 0 Å². The summed E-state index contributed by atoms with van der Waals surface area (Å²) in [6.45, 7) is 2.09. The minimum absolute atomic E-state index is 0.368. The molecule has 3 heteroatoms. The third kappa shape index (κ3) is 15.1. The third-order valence-corrected chi connectivity index (χ3v) is 3.07. The molecule has 0 unspecified atom stereocenters. The number of hydrogen-bond acceptors (Lipinski definition) is 3. The van der Waals surface area contributed by atoms with E-state index in [0.717, 1.165) is 12.8 Å². The lowest BCUT2D eigenvalue weighted by Gasteiger charge is -2.00. The van der Waals surface area contributed by atoms with Gasteiger partial charge in [0, 0.05) is 0 Å². The molecule has 0 aromatic rings. The Balaban J connectivity index is 3.10. The summed E-state index contributed by atoms with van der Waals surface area (Å²) in [5, 5.41) is 8.43. The molecule has 0 rings (SSSR count). The first-order valence-corrected chi connectivity index (χ1v) is 7.72. The number of hydrogen-bond donors (Lipinski definition) is 1. The fourth-order valence-corrected chi connectivity index (χ4v) is 1.92. The van der Waals surface area contributed by atoms with Gasteiger partial charge in [-0.2, -0.15) is 0 Å². The molecule has 112 valence electrons. The number of aliphatic hydroxyl groups is 1. The number of allylic oxidation sites excluding steroid dienone is 1. The molecule has 0 fully saturated rings. The number of carbonyl (C=O) groups is 1. The maximum Gasteiger partial charge on any atom is 0.331 e. The van der Waals surface area contributed by atoms with E-state index in [1.165, 1.54) is 51.4 Å². The first kappa shape index (κ1) is 18.2. The van der Waals surface area contributed by atoms with Crippen molar-refractivity contribution in [2.45, 2.75) is 71.1 Å². The van der Waals surface area contributed by atoms with Crippen LogP contribution in [-0.2, 0) is 9.53 Å². The van der Waals surface area contributed by atoms with Crippen molar-refractivity contribution in [1.82, 2.24) is 0 Å². The zero-order chi connectivity index (χ0) is 14.2. The lowest BCUT2D eigenvalue weighted by Crippen LogP contribution is -2.09. The SMILES string of the molecule is CCCCCCCCCC/C=C\CCOC(=O)CO. The Kier molecular flexibility index (Phi) is 14.6. The average Bonchev–Trinajstić information content (AvgIpc) is 2.43. The maximum atomic E-state index is 10.6. The van der Waals surface area contributed by atoms with Gasteiger partial charge in [0.05, 0.1) is 6.61 Å². The standard InChI is InChI=1S/C16H30O3/c1-2-3-4-5-6-7-8-9-10-11-12-13-14-19-16(18)15-17/h11-12,17H,2-10,13-15H2,1H3/b12-11-. The first-order chi connectivity index (χ1) is 9.31. The molecule has 0 bridgehead atoms. The summed E-state index contributed by atoms with van der Waals surface area (Å²) in [6.07, 6.45) is 16.8. The fourth-order valence-electron chi connectivity index (χ4n) is 1.92. The van der Waals surface area contributed by atoms with Crippen molar-refractivity contribution in [2.24, 2.45) is 0 Å². The van der Waals surface area contributed by atoms with Gasteiger partial charge in [-0.1, -0.05) is 64.0 Å². The average molecular weight is 270 g/mol. The highest BCUT2D eigenvalue weighted by Gasteiger charge is 1.96. The van der Waals surface area contributed by atoms with E-state index in [9.17, 15) is 4.79 Å². The zero-order valence-electron chi connectivity index (χ0n) is 12.4. The van der Waals surface area contributed by atoms with Crippen LogP contribution in [0.2, 0.25) is 0 Å². The highest BCUT2D eigenvalue weighted by molar-refractivity contribution is 5.70. The molecular weight excluding hydrogens is 240 g/mol. The van der Waals surface area contributed by atoms with E-state index >= 15 is 0 Å². The van der Waals surface area contributed by atoms with Gasteiger partial charge >= 0.3 is 5.97 Å². The number of aliphatic hydroxyl groups excluding tert-OH is 1. The monoisotopic (exact) mass is 270 g/mol. The molecule has 3 nitrogen and oxygen atoms in total. The molecule has 0 aliphatic carbocycles. The summed E-state index contributed by atoms with van der Waals surface area (Å²) in [5.41, 5.74) is 0. The number of esters is 1. The van der Waals surface area contributed by atoms with Crippen molar-refractivity contribution in [3.05, 3.63) is 12.2 Å². The molecule has 0 amide bonds. The molecule has 0 saturated carbocycles. The summed E-state index contributed by atoms with van der Waals surface area (Å²) in [5.74, 6) is -0.545. The van der Waals surface area contributed by atoms with Crippen molar-refractivity contribution in [3.63, 3.8) is 0 Å². The Bertz CT molecular complexity index is 224. The van der Waals surface area contributed by atoms with Crippen LogP contribution in [0, 0.1) is 0 Å². The van der Waals surface area contributed by atoms with E-state index in [0.29, 0.717) is 6.61 Å². The Hall–Kier alpha value is -0.830. The number of ether oxygens (including phenoxy) is 1. The summed E-state index contributed by atoms with van der Waals surface area (Å²) in [4.78, 5) is 10.6. The van der Waals surface area contributed by atoms with E-state index in [-0.39, 0.29) is 0 Å². The summed E-state index contributed by atoms with van der Waals surface area (Å²) in [7, 11) is 0. The molecule has 0 aromatic heterocycles. The van der Waals surface area contributed by atoms with Crippen LogP contribution in [0.5, 0.6) is 0 Å². The van der Waals surface area contributed by atoms with Crippen LogP contribution in [-0.4, -0.2) is 24.3 Å². The van der Waals surface area contributed by atoms with Gasteiger partial charge in [-0.05, 0) is 19.3 Å². The molecule has 0 saturated heterocycles. The summed E-state index contributed by atoms with van der Waals surface area (Å²) >= 11 is 0. The second kappa shape index (κ2) is 15.2. The smallest absolute Gasteiger partial charge is 0.331 e. The van der Waals surface area contributed by atoms with Crippen LogP contribution in [0.25, 0.3) is 0 Å². The van der Waals surface area contributed by atoms with Gasteiger partial charge in [-0.15, -0.1) is 0 Å². The van der Waals surface area contributed by atoms with Crippen molar-refractivity contribution in [3.8, 4) is 0 Å². The Morgan fingerprint density at radius 2 is 1.53 bits per heavy atom. The fraction of sp³-hybridized carbons (Fsp3) is 0.812. The maximum absolute atomic E-state index is 10.6. The van der Waals surface area contributed by atoms with Crippen LogP contribution >= 0.6 is 0 Å². The second-order valence-electron chi connectivity index (χ2n) is 4.90. The van der Waals surface area contributed by atoms with Gasteiger partial charge in [-0.3, -0.25) is 0 Å². The molecule has 19 heavy (non-hydrogen) atoms.